The number of benzene rings is 2. The molecule has 0 unspecified atom stereocenters. The van der Waals surface area contributed by atoms with Crippen LogP contribution in [-0.2, 0) is 13.2 Å². The maximum atomic E-state index is 13.3. The summed E-state index contributed by atoms with van der Waals surface area (Å²) in [5.41, 5.74) is 3.28. The first-order valence-corrected chi connectivity index (χ1v) is 10.1. The van der Waals surface area contributed by atoms with Gasteiger partial charge in [-0.25, -0.2) is 9.18 Å². The van der Waals surface area contributed by atoms with Crippen molar-refractivity contribution in [2.24, 2.45) is 0 Å². The second-order valence-electron chi connectivity index (χ2n) is 6.60. The van der Waals surface area contributed by atoms with E-state index in [1.165, 1.54) is 12.1 Å². The van der Waals surface area contributed by atoms with Gasteiger partial charge < -0.3 is 20.1 Å². The van der Waals surface area contributed by atoms with Crippen LogP contribution in [0.1, 0.15) is 16.7 Å². The second kappa shape index (κ2) is 10.0. The van der Waals surface area contributed by atoms with E-state index < -0.39 is 0 Å². The number of anilines is 1. The lowest BCUT2D eigenvalue weighted by atomic mass is 10.2. The zero-order chi connectivity index (χ0) is 20.6. The van der Waals surface area contributed by atoms with E-state index in [1.807, 2.05) is 29.8 Å². The third kappa shape index (κ3) is 6.04. The number of rotatable bonds is 8. The van der Waals surface area contributed by atoms with Gasteiger partial charge in [0.05, 0.1) is 6.61 Å². The normalized spacial score (nSPS) is 10.6. The minimum absolute atomic E-state index is 0.108. The number of nitrogens with zero attached hydrogens (tertiary/aromatic N) is 1. The van der Waals surface area contributed by atoms with E-state index in [2.05, 4.69) is 5.32 Å². The maximum Gasteiger partial charge on any atom is 0.322 e. The molecular formula is C22H23FN2O3S. The summed E-state index contributed by atoms with van der Waals surface area (Å²) >= 11 is 1.57. The molecular weight excluding hydrogens is 391 g/mol. The Kier molecular flexibility index (Phi) is 7.21. The Balaban J connectivity index is 1.62. The summed E-state index contributed by atoms with van der Waals surface area (Å²) in [5, 5.41) is 16.1. The molecule has 0 fully saturated rings. The summed E-state index contributed by atoms with van der Waals surface area (Å²) < 4.78 is 19.0. The highest BCUT2D eigenvalue weighted by Crippen LogP contribution is 2.23. The standard InChI is InChI=1S/C22H23FN2O3S/c1-16-11-20(28-14-17-3-2-4-19(23)12-17)5-6-21(16)24-22(27)25(8-9-26)13-18-7-10-29-15-18/h2-7,10-12,15,26H,8-9,13-14H2,1H3,(H,24,27). The van der Waals surface area contributed by atoms with Crippen LogP contribution in [0, 0.1) is 12.7 Å². The van der Waals surface area contributed by atoms with Gasteiger partial charge in [-0.1, -0.05) is 12.1 Å². The summed E-state index contributed by atoms with van der Waals surface area (Å²) in [6.45, 7) is 2.70. The molecule has 152 valence electrons. The van der Waals surface area contributed by atoms with Crippen LogP contribution < -0.4 is 10.1 Å². The van der Waals surface area contributed by atoms with E-state index >= 15 is 0 Å². The molecule has 3 rings (SSSR count). The third-order valence-electron chi connectivity index (χ3n) is 4.34. The quantitative estimate of drug-likeness (QED) is 0.557. The van der Waals surface area contributed by atoms with Crippen molar-refractivity contribution in [1.82, 2.24) is 4.90 Å². The first-order valence-electron chi connectivity index (χ1n) is 9.21. The lowest BCUT2D eigenvalue weighted by Gasteiger charge is -2.22. The Morgan fingerprint density at radius 2 is 2.07 bits per heavy atom. The number of carbonyl (C=O) groups excluding carboxylic acids is 1. The molecule has 0 saturated carbocycles. The fourth-order valence-electron chi connectivity index (χ4n) is 2.83. The average molecular weight is 415 g/mol. The largest absolute Gasteiger partial charge is 0.489 e. The van der Waals surface area contributed by atoms with Gasteiger partial charge in [0.15, 0.2) is 0 Å². The molecule has 1 heterocycles. The molecule has 0 bridgehead atoms. The molecule has 0 atom stereocenters. The van der Waals surface area contributed by atoms with Gasteiger partial charge in [0.2, 0.25) is 0 Å². The predicted octanol–water partition coefficient (Wildman–Crippen LogP) is 4.80. The van der Waals surface area contributed by atoms with Gasteiger partial charge >= 0.3 is 6.03 Å². The van der Waals surface area contributed by atoms with Crippen molar-refractivity contribution in [3.63, 3.8) is 0 Å². The van der Waals surface area contributed by atoms with E-state index in [0.717, 1.165) is 16.7 Å². The van der Waals surface area contributed by atoms with Gasteiger partial charge in [-0.15, -0.1) is 0 Å². The highest BCUT2D eigenvalue weighted by Gasteiger charge is 2.15. The lowest BCUT2D eigenvalue weighted by molar-refractivity contribution is 0.185. The molecule has 7 heteroatoms. The van der Waals surface area contributed by atoms with Crippen LogP contribution in [-0.4, -0.2) is 29.2 Å². The molecule has 0 aliphatic carbocycles. The maximum absolute atomic E-state index is 13.3. The van der Waals surface area contributed by atoms with Crippen LogP contribution in [0.5, 0.6) is 5.75 Å². The van der Waals surface area contributed by atoms with Crippen LogP contribution in [0.2, 0.25) is 0 Å². The minimum Gasteiger partial charge on any atom is -0.489 e. The van der Waals surface area contributed by atoms with Crippen molar-refractivity contribution < 1.29 is 19.0 Å². The van der Waals surface area contributed by atoms with Crippen LogP contribution in [0.3, 0.4) is 0 Å². The summed E-state index contributed by atoms with van der Waals surface area (Å²) in [6.07, 6.45) is 0. The smallest absolute Gasteiger partial charge is 0.322 e. The number of ether oxygens (including phenoxy) is 1. The number of aliphatic hydroxyl groups is 1. The number of hydrogen-bond acceptors (Lipinski definition) is 4. The lowest BCUT2D eigenvalue weighted by Crippen LogP contribution is -2.36. The molecule has 1 aromatic heterocycles. The second-order valence-corrected chi connectivity index (χ2v) is 7.38. The van der Waals surface area contributed by atoms with Crippen LogP contribution in [0.4, 0.5) is 14.9 Å². The minimum atomic E-state index is -0.296. The van der Waals surface area contributed by atoms with Crippen molar-refractivity contribution in [3.05, 3.63) is 81.8 Å². The monoisotopic (exact) mass is 414 g/mol. The number of amides is 2. The van der Waals surface area contributed by atoms with E-state index in [9.17, 15) is 14.3 Å². The van der Waals surface area contributed by atoms with E-state index in [0.29, 0.717) is 18.0 Å². The average Bonchev–Trinajstić information content (AvgIpc) is 3.21. The van der Waals surface area contributed by atoms with Gasteiger partial charge in [-0.3, -0.25) is 0 Å². The summed E-state index contributed by atoms with van der Waals surface area (Å²) in [4.78, 5) is 14.2. The van der Waals surface area contributed by atoms with Crippen molar-refractivity contribution in [1.29, 1.82) is 0 Å². The van der Waals surface area contributed by atoms with Crippen molar-refractivity contribution in [3.8, 4) is 5.75 Å². The van der Waals surface area contributed by atoms with Crippen molar-refractivity contribution in [2.75, 3.05) is 18.5 Å². The Bertz CT molecular complexity index is 947. The Morgan fingerprint density at radius 1 is 1.21 bits per heavy atom. The molecule has 3 aromatic rings. The van der Waals surface area contributed by atoms with Crippen LogP contribution in [0.15, 0.2) is 59.3 Å². The molecule has 2 amide bonds. The topological polar surface area (TPSA) is 61.8 Å². The molecule has 29 heavy (non-hydrogen) atoms. The highest BCUT2D eigenvalue weighted by molar-refractivity contribution is 7.07. The zero-order valence-electron chi connectivity index (χ0n) is 16.1. The third-order valence-corrected chi connectivity index (χ3v) is 5.08. The summed E-state index contributed by atoms with van der Waals surface area (Å²) in [7, 11) is 0. The Labute approximate surface area is 173 Å². The van der Waals surface area contributed by atoms with Gasteiger partial charge in [-0.2, -0.15) is 11.3 Å². The SMILES string of the molecule is Cc1cc(OCc2cccc(F)c2)ccc1NC(=O)N(CCO)Cc1ccsc1. The number of aliphatic hydroxyl groups excluding tert-OH is 1. The van der Waals surface area contributed by atoms with Crippen LogP contribution >= 0.6 is 11.3 Å². The number of thiophene rings is 1. The molecule has 0 aliphatic rings. The Hall–Kier alpha value is -2.90. The molecule has 5 nitrogen and oxygen atoms in total. The zero-order valence-corrected chi connectivity index (χ0v) is 16.9. The summed E-state index contributed by atoms with van der Waals surface area (Å²) in [5.74, 6) is 0.338. The van der Waals surface area contributed by atoms with E-state index in [4.69, 9.17) is 4.74 Å². The van der Waals surface area contributed by atoms with Gasteiger partial charge in [-0.05, 0) is 70.8 Å². The fourth-order valence-corrected chi connectivity index (χ4v) is 3.49. The fraction of sp³-hybridized carbons (Fsp3) is 0.227. The first-order chi connectivity index (χ1) is 14.0. The van der Waals surface area contributed by atoms with Crippen molar-refractivity contribution >= 4 is 23.1 Å². The molecule has 2 aromatic carbocycles. The molecule has 0 spiro atoms. The molecule has 0 radical (unpaired) electrons. The van der Waals surface area contributed by atoms with E-state index in [-0.39, 0.29) is 31.6 Å². The Morgan fingerprint density at radius 3 is 2.76 bits per heavy atom. The number of urea groups is 1. The van der Waals surface area contributed by atoms with Crippen LogP contribution in [0.25, 0.3) is 0 Å². The molecule has 2 N–H and O–H groups in total. The predicted molar refractivity (Wildman–Crippen MR) is 113 cm³/mol. The molecule has 0 saturated heterocycles. The van der Waals surface area contributed by atoms with E-state index in [1.54, 1.807) is 40.5 Å². The number of nitrogens with one attached hydrogen (secondary N) is 1. The van der Waals surface area contributed by atoms with Gasteiger partial charge in [0.25, 0.3) is 0 Å². The van der Waals surface area contributed by atoms with Gasteiger partial charge in [0, 0.05) is 18.8 Å². The number of carbonyl (C=O) groups is 1. The van der Waals surface area contributed by atoms with Crippen molar-refractivity contribution in [2.45, 2.75) is 20.1 Å². The summed E-state index contributed by atoms with van der Waals surface area (Å²) in [6, 6.07) is 13.3. The number of aryl methyl sites for hydroxylation is 1. The first kappa shape index (κ1) is 20.8. The molecule has 0 aliphatic heterocycles. The number of hydrogen-bond donors (Lipinski definition) is 2. The van der Waals surface area contributed by atoms with Gasteiger partial charge in [0.1, 0.15) is 18.2 Å². The highest BCUT2D eigenvalue weighted by atomic mass is 32.1. The number of halogens is 1.